The minimum atomic E-state index is 0.427. The molecule has 3 aromatic heterocycles. The van der Waals surface area contributed by atoms with E-state index in [-0.39, 0.29) is 0 Å². The van der Waals surface area contributed by atoms with E-state index < -0.39 is 0 Å². The molecule has 3 heterocycles. The predicted molar refractivity (Wildman–Crippen MR) is 84.2 cm³/mol. The van der Waals surface area contributed by atoms with Gasteiger partial charge in [0.1, 0.15) is 10.6 Å². The summed E-state index contributed by atoms with van der Waals surface area (Å²) in [5.74, 6) is 6.72. The van der Waals surface area contributed by atoms with Crippen molar-refractivity contribution in [1.29, 1.82) is 0 Å². The highest BCUT2D eigenvalue weighted by molar-refractivity contribution is 7.16. The quantitative estimate of drug-likeness (QED) is 0.569. The van der Waals surface area contributed by atoms with E-state index in [1.165, 1.54) is 0 Å². The maximum absolute atomic E-state index is 5.43. The van der Waals surface area contributed by atoms with Crippen molar-refractivity contribution in [3.05, 3.63) is 27.5 Å². The van der Waals surface area contributed by atoms with Crippen LogP contribution in [0.1, 0.15) is 10.7 Å². The van der Waals surface area contributed by atoms with E-state index >= 15 is 0 Å². The molecule has 3 N–H and O–H groups in total. The second-order valence-electron chi connectivity index (χ2n) is 4.37. The average Bonchev–Trinajstić information content (AvgIpc) is 3.06. The minimum absolute atomic E-state index is 0.427. The zero-order chi connectivity index (χ0) is 14.1. The molecule has 0 bridgehead atoms. The van der Waals surface area contributed by atoms with Crippen LogP contribution >= 0.6 is 22.7 Å². The summed E-state index contributed by atoms with van der Waals surface area (Å²) in [7, 11) is 1.99. The van der Waals surface area contributed by atoms with Crippen LogP contribution in [-0.2, 0) is 6.54 Å². The third-order valence-electron chi connectivity index (χ3n) is 2.86. The van der Waals surface area contributed by atoms with Gasteiger partial charge >= 0.3 is 0 Å². The average molecular weight is 306 g/mol. The molecule has 0 saturated carbocycles. The van der Waals surface area contributed by atoms with Crippen LogP contribution in [0.25, 0.3) is 10.2 Å². The number of rotatable bonds is 4. The lowest BCUT2D eigenvalue weighted by Crippen LogP contribution is -2.20. The molecule has 0 fully saturated rings. The van der Waals surface area contributed by atoms with E-state index in [1.54, 1.807) is 22.7 Å². The Bertz CT molecular complexity index is 734. The Balaban J connectivity index is 1.97. The number of hydrogen-bond donors (Lipinski definition) is 2. The molecule has 0 aliphatic heterocycles. The monoisotopic (exact) mass is 306 g/mol. The number of aromatic nitrogens is 3. The second-order valence-corrected chi connectivity index (χ2v) is 6.33. The van der Waals surface area contributed by atoms with E-state index in [0.717, 1.165) is 26.7 Å². The first-order valence-electron chi connectivity index (χ1n) is 6.01. The minimum Gasteiger partial charge on any atom is -0.353 e. The molecule has 0 spiro atoms. The van der Waals surface area contributed by atoms with Gasteiger partial charge in [-0.15, -0.1) is 22.7 Å². The highest BCUT2D eigenvalue weighted by atomic mass is 32.1. The largest absolute Gasteiger partial charge is 0.353 e. The summed E-state index contributed by atoms with van der Waals surface area (Å²) < 4.78 is 0. The second kappa shape index (κ2) is 5.31. The van der Waals surface area contributed by atoms with Gasteiger partial charge in [-0.1, -0.05) is 0 Å². The van der Waals surface area contributed by atoms with E-state index in [9.17, 15) is 0 Å². The van der Waals surface area contributed by atoms with E-state index in [2.05, 4.69) is 30.7 Å². The number of nitrogens with two attached hydrogens (primary N) is 1. The molecule has 0 amide bonds. The number of nitrogens with zero attached hydrogens (tertiary/aromatic N) is 4. The Morgan fingerprint density at radius 1 is 1.30 bits per heavy atom. The van der Waals surface area contributed by atoms with Gasteiger partial charge in [-0.25, -0.2) is 15.8 Å². The van der Waals surface area contributed by atoms with Crippen LogP contribution in [-0.4, -0.2) is 22.0 Å². The fourth-order valence-corrected chi connectivity index (χ4v) is 3.36. The molecular weight excluding hydrogens is 292 g/mol. The third-order valence-corrected chi connectivity index (χ3v) is 4.49. The number of anilines is 2. The fourth-order valence-electron chi connectivity index (χ4n) is 1.99. The third kappa shape index (κ3) is 2.45. The molecule has 6 nitrogen and oxygen atoms in total. The Hall–Kier alpha value is -1.77. The molecule has 0 radical (unpaired) electrons. The maximum Gasteiger partial charge on any atom is 0.240 e. The highest BCUT2D eigenvalue weighted by Gasteiger charge is 2.13. The number of thiazole rings is 1. The summed E-state index contributed by atoms with van der Waals surface area (Å²) in [6.07, 6.45) is 0. The number of nitrogen functional groups attached to an aromatic ring is 1. The molecule has 8 heteroatoms. The van der Waals surface area contributed by atoms with Crippen LogP contribution < -0.4 is 16.2 Å². The smallest absolute Gasteiger partial charge is 0.240 e. The topological polar surface area (TPSA) is 80.0 Å². The lowest BCUT2D eigenvalue weighted by atomic mass is 10.3. The fraction of sp³-hybridized carbons (Fsp3) is 0.250. The standard InChI is InChI=1S/C12H14N6S2/c1-7-14-8(6-20-7)5-18(2)10-9-3-4-19-11(9)16-12(15-10)17-13/h3-4,6H,5,13H2,1-2H3,(H,15,16,17). The van der Waals surface area contributed by atoms with Crippen LogP contribution in [0, 0.1) is 6.92 Å². The van der Waals surface area contributed by atoms with Crippen molar-refractivity contribution in [3.8, 4) is 0 Å². The van der Waals surface area contributed by atoms with Gasteiger partial charge in [0, 0.05) is 12.4 Å². The van der Waals surface area contributed by atoms with Crippen LogP contribution in [0.5, 0.6) is 0 Å². The Kier molecular flexibility index (Phi) is 3.51. The van der Waals surface area contributed by atoms with Gasteiger partial charge in [0.25, 0.3) is 0 Å². The summed E-state index contributed by atoms with van der Waals surface area (Å²) in [5, 5.41) is 6.17. The van der Waals surface area contributed by atoms with Gasteiger partial charge in [0.2, 0.25) is 5.95 Å². The van der Waals surface area contributed by atoms with Crippen molar-refractivity contribution in [1.82, 2.24) is 15.0 Å². The van der Waals surface area contributed by atoms with Crippen molar-refractivity contribution in [2.45, 2.75) is 13.5 Å². The maximum atomic E-state index is 5.43. The highest BCUT2D eigenvalue weighted by Crippen LogP contribution is 2.29. The molecule has 0 saturated heterocycles. The van der Waals surface area contributed by atoms with Gasteiger partial charge in [-0.3, -0.25) is 5.43 Å². The number of fused-ring (bicyclic) bond motifs is 1. The molecule has 0 aliphatic rings. The molecule has 104 valence electrons. The molecule has 0 aliphatic carbocycles. The molecule has 0 atom stereocenters. The van der Waals surface area contributed by atoms with Crippen LogP contribution in [0.3, 0.4) is 0 Å². The molecule has 0 unspecified atom stereocenters. The van der Waals surface area contributed by atoms with Crippen molar-refractivity contribution in [2.24, 2.45) is 5.84 Å². The van der Waals surface area contributed by atoms with E-state index in [1.807, 2.05) is 25.4 Å². The zero-order valence-corrected chi connectivity index (χ0v) is 12.8. The van der Waals surface area contributed by atoms with Crippen molar-refractivity contribution in [2.75, 3.05) is 17.4 Å². The lowest BCUT2D eigenvalue weighted by molar-refractivity contribution is 0.873. The number of thiophene rings is 1. The zero-order valence-electron chi connectivity index (χ0n) is 11.1. The van der Waals surface area contributed by atoms with Crippen molar-refractivity contribution >= 4 is 44.7 Å². The summed E-state index contributed by atoms with van der Waals surface area (Å²) in [6, 6.07) is 2.03. The van der Waals surface area contributed by atoms with Crippen LogP contribution in [0.15, 0.2) is 16.8 Å². The van der Waals surface area contributed by atoms with Crippen molar-refractivity contribution < 1.29 is 0 Å². The Labute approximate surface area is 124 Å². The summed E-state index contributed by atoms with van der Waals surface area (Å²) >= 11 is 3.23. The first kappa shape index (κ1) is 13.2. The molecule has 20 heavy (non-hydrogen) atoms. The molecule has 3 rings (SSSR count). The number of aryl methyl sites for hydroxylation is 1. The van der Waals surface area contributed by atoms with Gasteiger partial charge in [0.05, 0.1) is 22.6 Å². The first-order chi connectivity index (χ1) is 9.67. The first-order valence-corrected chi connectivity index (χ1v) is 7.77. The van der Waals surface area contributed by atoms with Crippen molar-refractivity contribution in [3.63, 3.8) is 0 Å². The van der Waals surface area contributed by atoms with E-state index in [4.69, 9.17) is 5.84 Å². The van der Waals surface area contributed by atoms with Gasteiger partial charge in [-0.2, -0.15) is 4.98 Å². The summed E-state index contributed by atoms with van der Waals surface area (Å²) in [6.45, 7) is 2.71. The normalized spacial score (nSPS) is 10.9. The summed E-state index contributed by atoms with van der Waals surface area (Å²) in [4.78, 5) is 16.3. The van der Waals surface area contributed by atoms with Gasteiger partial charge in [0.15, 0.2) is 0 Å². The van der Waals surface area contributed by atoms with Crippen LogP contribution in [0.2, 0.25) is 0 Å². The van der Waals surface area contributed by atoms with E-state index in [0.29, 0.717) is 12.5 Å². The number of hydrogen-bond acceptors (Lipinski definition) is 8. The predicted octanol–water partition coefficient (Wildman–Crippen LogP) is 2.38. The lowest BCUT2D eigenvalue weighted by Gasteiger charge is -2.18. The molecule has 3 aromatic rings. The van der Waals surface area contributed by atoms with Gasteiger partial charge in [-0.05, 0) is 18.4 Å². The number of nitrogens with one attached hydrogen (secondary N) is 1. The Morgan fingerprint density at radius 2 is 2.15 bits per heavy atom. The van der Waals surface area contributed by atoms with Crippen LogP contribution in [0.4, 0.5) is 11.8 Å². The molecule has 0 aromatic carbocycles. The Morgan fingerprint density at radius 3 is 2.85 bits per heavy atom. The van der Waals surface area contributed by atoms with Gasteiger partial charge < -0.3 is 4.90 Å². The SMILES string of the molecule is Cc1nc(CN(C)c2nc(NN)nc3sccc23)cs1. The molecular formula is C12H14N6S2. The number of hydrazine groups is 1. The summed E-state index contributed by atoms with van der Waals surface area (Å²) in [5.41, 5.74) is 3.56.